The normalized spacial score (nSPS) is 10.8. The first-order valence-electron chi connectivity index (χ1n) is 6.71. The highest BCUT2D eigenvalue weighted by Gasteiger charge is 2.13. The maximum absolute atomic E-state index is 12.2. The van der Waals surface area contributed by atoms with Gasteiger partial charge in [-0.25, -0.2) is 4.98 Å². The Morgan fingerprint density at radius 3 is 2.95 bits per heavy atom. The van der Waals surface area contributed by atoms with Crippen LogP contribution in [0.5, 0.6) is 0 Å². The largest absolute Gasteiger partial charge is 0.344 e. The smallest absolute Gasteiger partial charge is 0.268 e. The number of hydrogen-bond acceptors (Lipinski definition) is 3. The number of hydrogen-bond donors (Lipinski definition) is 1. The van der Waals surface area contributed by atoms with Gasteiger partial charge in [0.25, 0.3) is 5.91 Å². The van der Waals surface area contributed by atoms with Gasteiger partial charge in [0, 0.05) is 28.3 Å². The van der Waals surface area contributed by atoms with Crippen LogP contribution in [-0.2, 0) is 19.5 Å². The molecule has 1 N–H and O–H groups in total. The molecule has 4 nitrogen and oxygen atoms in total. The van der Waals surface area contributed by atoms with E-state index in [0.29, 0.717) is 12.2 Å². The van der Waals surface area contributed by atoms with Crippen molar-refractivity contribution in [3.63, 3.8) is 0 Å². The summed E-state index contributed by atoms with van der Waals surface area (Å²) >= 11 is 5.07. The summed E-state index contributed by atoms with van der Waals surface area (Å²) in [6, 6.07) is 1.85. The van der Waals surface area contributed by atoms with Gasteiger partial charge in [0.2, 0.25) is 0 Å². The van der Waals surface area contributed by atoms with Gasteiger partial charge in [0.1, 0.15) is 10.7 Å². The fourth-order valence-corrected chi connectivity index (χ4v) is 3.20. The number of aryl methyl sites for hydroxylation is 2. The zero-order valence-electron chi connectivity index (χ0n) is 11.6. The van der Waals surface area contributed by atoms with E-state index in [1.807, 2.05) is 23.0 Å². The summed E-state index contributed by atoms with van der Waals surface area (Å²) in [7, 11) is 0. The Bertz CT molecular complexity index is 591. The van der Waals surface area contributed by atoms with Gasteiger partial charge >= 0.3 is 0 Å². The molecule has 0 atom stereocenters. The van der Waals surface area contributed by atoms with Crippen molar-refractivity contribution in [1.82, 2.24) is 14.9 Å². The van der Waals surface area contributed by atoms with E-state index in [9.17, 15) is 4.79 Å². The quantitative estimate of drug-likeness (QED) is 0.860. The van der Waals surface area contributed by atoms with Crippen molar-refractivity contribution in [1.29, 1.82) is 0 Å². The Kier molecular flexibility index (Phi) is 5.37. The van der Waals surface area contributed by atoms with Crippen LogP contribution in [0.3, 0.4) is 0 Å². The first-order valence-corrected chi connectivity index (χ1v) is 8.32. The number of thiazole rings is 1. The lowest BCUT2D eigenvalue weighted by molar-refractivity contribution is 0.0941. The molecule has 0 radical (unpaired) electrons. The fraction of sp³-hybridized carbons (Fsp3) is 0.429. The number of amides is 1. The van der Waals surface area contributed by atoms with Crippen LogP contribution in [0.15, 0.2) is 22.9 Å². The van der Waals surface area contributed by atoms with Gasteiger partial charge in [0.05, 0.1) is 6.54 Å². The lowest BCUT2D eigenvalue weighted by Crippen LogP contribution is -2.25. The average Bonchev–Trinajstić information content (AvgIpc) is 3.03. The fourth-order valence-electron chi connectivity index (χ4n) is 1.93. The molecular weight excluding hydrogens is 338 g/mol. The molecule has 6 heteroatoms. The Morgan fingerprint density at radius 1 is 1.50 bits per heavy atom. The molecule has 108 valence electrons. The van der Waals surface area contributed by atoms with Crippen LogP contribution in [-0.4, -0.2) is 15.5 Å². The molecule has 1 amide bonds. The predicted molar refractivity (Wildman–Crippen MR) is 85.1 cm³/mol. The van der Waals surface area contributed by atoms with Gasteiger partial charge in [-0.15, -0.1) is 11.3 Å². The van der Waals surface area contributed by atoms with Gasteiger partial charge in [-0.3, -0.25) is 4.79 Å². The van der Waals surface area contributed by atoms with Crippen LogP contribution in [0.25, 0.3) is 0 Å². The lowest BCUT2D eigenvalue weighted by Gasteiger charge is -2.07. The molecule has 0 bridgehead atoms. The van der Waals surface area contributed by atoms with Crippen molar-refractivity contribution in [2.24, 2.45) is 0 Å². The van der Waals surface area contributed by atoms with Gasteiger partial charge < -0.3 is 9.88 Å². The minimum absolute atomic E-state index is 0.0580. The minimum atomic E-state index is -0.0580. The van der Waals surface area contributed by atoms with Gasteiger partial charge in [-0.1, -0.05) is 13.8 Å². The molecule has 2 aromatic heterocycles. The summed E-state index contributed by atoms with van der Waals surface area (Å²) in [5.41, 5.74) is 0.686. The molecular formula is C14H18BrN3OS. The van der Waals surface area contributed by atoms with E-state index in [-0.39, 0.29) is 5.91 Å². The molecule has 0 unspecified atom stereocenters. The zero-order valence-corrected chi connectivity index (χ0v) is 14.1. The highest BCUT2D eigenvalue weighted by molar-refractivity contribution is 9.10. The van der Waals surface area contributed by atoms with Crippen LogP contribution in [0.1, 0.15) is 40.6 Å². The first kappa shape index (κ1) is 15.3. The third-order valence-corrected chi connectivity index (χ3v) is 4.49. The minimum Gasteiger partial charge on any atom is -0.344 e. The molecule has 0 saturated carbocycles. The number of carbonyl (C=O) groups is 1. The Morgan fingerprint density at radius 2 is 2.30 bits per heavy atom. The molecule has 2 aromatic rings. The third kappa shape index (κ3) is 3.70. The van der Waals surface area contributed by atoms with Crippen molar-refractivity contribution in [3.05, 3.63) is 38.5 Å². The molecule has 0 aliphatic carbocycles. The summed E-state index contributed by atoms with van der Waals surface area (Å²) in [4.78, 5) is 17.8. The highest BCUT2D eigenvalue weighted by Crippen LogP contribution is 2.16. The van der Waals surface area contributed by atoms with E-state index < -0.39 is 0 Å². The highest BCUT2D eigenvalue weighted by atomic mass is 79.9. The third-order valence-electron chi connectivity index (χ3n) is 2.91. The predicted octanol–water partition coefficient (Wildman–Crippen LogP) is 3.61. The second-order valence-corrected chi connectivity index (χ2v) is 6.61. The van der Waals surface area contributed by atoms with Crippen LogP contribution in [0.4, 0.5) is 0 Å². The molecule has 2 rings (SSSR count). The number of aromatic nitrogens is 2. The monoisotopic (exact) mass is 355 g/mol. The molecule has 0 saturated heterocycles. The molecule has 0 aliphatic rings. The van der Waals surface area contributed by atoms with Gasteiger partial charge in [-0.05, 0) is 34.8 Å². The molecule has 0 fully saturated rings. The second kappa shape index (κ2) is 7.04. The Hall–Kier alpha value is -1.14. The number of carbonyl (C=O) groups excluding carboxylic acids is 1. The van der Waals surface area contributed by atoms with Crippen molar-refractivity contribution in [2.75, 3.05) is 0 Å². The van der Waals surface area contributed by atoms with E-state index in [2.05, 4.69) is 40.1 Å². The standard InChI is InChI=1S/C14H18BrN3OS/c1-3-5-18-9-10(15)6-12(18)14(19)17-8-13-16-7-11(4-2)20-13/h6-7,9H,3-5,8H2,1-2H3,(H,17,19). The number of halogens is 1. The first-order chi connectivity index (χ1) is 9.63. The number of nitrogens with zero attached hydrogens (tertiary/aromatic N) is 2. The summed E-state index contributed by atoms with van der Waals surface area (Å²) in [5.74, 6) is -0.0580. The van der Waals surface area contributed by atoms with E-state index in [1.165, 1.54) is 4.88 Å². The number of nitrogens with one attached hydrogen (secondary N) is 1. The maximum Gasteiger partial charge on any atom is 0.268 e. The average molecular weight is 356 g/mol. The van der Waals surface area contributed by atoms with Crippen molar-refractivity contribution in [2.45, 2.75) is 39.8 Å². The van der Waals surface area contributed by atoms with Gasteiger partial charge in [0.15, 0.2) is 0 Å². The second-order valence-electron chi connectivity index (χ2n) is 4.49. The Balaban J connectivity index is 2.01. The summed E-state index contributed by atoms with van der Waals surface area (Å²) in [6.07, 6.45) is 5.80. The SMILES string of the molecule is CCCn1cc(Br)cc1C(=O)NCc1ncc(CC)s1. The molecule has 0 aliphatic heterocycles. The zero-order chi connectivity index (χ0) is 14.5. The van der Waals surface area contributed by atoms with E-state index in [1.54, 1.807) is 11.3 Å². The number of rotatable bonds is 6. The molecule has 0 aromatic carbocycles. The van der Waals surface area contributed by atoms with Gasteiger partial charge in [-0.2, -0.15) is 0 Å². The van der Waals surface area contributed by atoms with Crippen molar-refractivity contribution >= 4 is 33.2 Å². The summed E-state index contributed by atoms with van der Waals surface area (Å²) in [5, 5.41) is 3.88. The van der Waals surface area contributed by atoms with E-state index >= 15 is 0 Å². The van der Waals surface area contributed by atoms with Crippen LogP contribution in [0, 0.1) is 0 Å². The lowest BCUT2D eigenvalue weighted by atomic mass is 10.3. The maximum atomic E-state index is 12.2. The topological polar surface area (TPSA) is 46.9 Å². The van der Waals surface area contributed by atoms with E-state index in [0.717, 1.165) is 28.9 Å². The molecule has 0 spiro atoms. The Labute approximate surface area is 131 Å². The molecule has 2 heterocycles. The summed E-state index contributed by atoms with van der Waals surface area (Å²) in [6.45, 7) is 5.52. The van der Waals surface area contributed by atoms with Crippen molar-refractivity contribution in [3.8, 4) is 0 Å². The van der Waals surface area contributed by atoms with Crippen LogP contribution < -0.4 is 5.32 Å². The van der Waals surface area contributed by atoms with Crippen LogP contribution >= 0.6 is 27.3 Å². The molecule has 20 heavy (non-hydrogen) atoms. The van der Waals surface area contributed by atoms with Crippen LogP contribution in [0.2, 0.25) is 0 Å². The summed E-state index contributed by atoms with van der Waals surface area (Å²) < 4.78 is 2.90. The van der Waals surface area contributed by atoms with E-state index in [4.69, 9.17) is 0 Å². The van der Waals surface area contributed by atoms with Crippen molar-refractivity contribution < 1.29 is 4.79 Å².